The van der Waals surface area contributed by atoms with E-state index in [4.69, 9.17) is 11.5 Å². The van der Waals surface area contributed by atoms with Gasteiger partial charge in [-0.1, -0.05) is 36.8 Å². The van der Waals surface area contributed by atoms with Gasteiger partial charge in [-0.15, -0.1) is 0 Å². The van der Waals surface area contributed by atoms with Gasteiger partial charge in [0.05, 0.1) is 6.10 Å². The van der Waals surface area contributed by atoms with Gasteiger partial charge in [0.15, 0.2) is 0 Å². The number of nitrogens with two attached hydrogens (primary N) is 2. The molecule has 5 nitrogen and oxygen atoms in total. The van der Waals surface area contributed by atoms with E-state index in [9.17, 15) is 31.9 Å². The summed E-state index contributed by atoms with van der Waals surface area (Å²) in [5.41, 5.74) is 12.7. The second-order valence-electron chi connectivity index (χ2n) is 8.65. The Labute approximate surface area is 206 Å². The summed E-state index contributed by atoms with van der Waals surface area (Å²) in [6, 6.07) is 8.52. The van der Waals surface area contributed by atoms with Crippen molar-refractivity contribution in [3.63, 3.8) is 0 Å². The highest BCUT2D eigenvalue weighted by Gasteiger charge is 2.44. The number of amides is 1. The molecule has 3 rings (SSSR count). The van der Waals surface area contributed by atoms with E-state index in [0.29, 0.717) is 11.1 Å². The molecule has 1 aliphatic carbocycles. The summed E-state index contributed by atoms with van der Waals surface area (Å²) in [5.74, 6) is -1.31. The summed E-state index contributed by atoms with van der Waals surface area (Å²) in [4.78, 5) is 10.7. The van der Waals surface area contributed by atoms with E-state index in [0.717, 1.165) is 30.9 Å². The van der Waals surface area contributed by atoms with Crippen LogP contribution >= 0.6 is 0 Å². The molecule has 198 valence electrons. The number of primary amides is 1. The second-order valence-corrected chi connectivity index (χ2v) is 8.65. The maximum Gasteiger partial charge on any atom is 0.461 e. The maximum atomic E-state index is 13.7. The zero-order chi connectivity index (χ0) is 26.9. The van der Waals surface area contributed by atoms with Crippen LogP contribution in [0.4, 0.5) is 22.0 Å². The molecule has 36 heavy (non-hydrogen) atoms. The number of aliphatic hydroxyl groups is 1. The van der Waals surface area contributed by atoms with Crippen molar-refractivity contribution < 1.29 is 36.6 Å². The molecule has 1 aliphatic rings. The topological polar surface area (TPSA) is 98.6 Å². The molecule has 0 radical (unpaired) electrons. The van der Waals surface area contributed by atoms with Crippen LogP contribution in [-0.2, 0) is 11.2 Å². The van der Waals surface area contributed by atoms with E-state index < -0.39 is 36.2 Å². The third-order valence-corrected chi connectivity index (χ3v) is 5.58. The van der Waals surface area contributed by atoms with Crippen LogP contribution < -0.4 is 16.2 Å². The molecule has 2 aromatic rings. The Morgan fingerprint density at radius 3 is 2.47 bits per heavy atom. The maximum absolute atomic E-state index is 13.7. The normalized spacial score (nSPS) is 15.8. The average Bonchev–Trinajstić information content (AvgIpc) is 3.08. The number of alkyl halides is 4. The quantitative estimate of drug-likeness (QED) is 0.415. The fourth-order valence-corrected chi connectivity index (χ4v) is 3.77. The predicted molar refractivity (Wildman–Crippen MR) is 126 cm³/mol. The SMILES string of the molecule is Cc1cc(CC(N)C(O)c2ccccc2F)cc(OC(F)(F)C(F)F)c1.NC(=O)C1=CCCCCC1. The number of carbonyl (C=O) groups excluding carboxylic acids is 1. The van der Waals surface area contributed by atoms with E-state index in [-0.39, 0.29) is 17.9 Å². The van der Waals surface area contributed by atoms with E-state index in [1.165, 1.54) is 37.1 Å². The van der Waals surface area contributed by atoms with Crippen LogP contribution in [0.3, 0.4) is 0 Å². The van der Waals surface area contributed by atoms with Crippen molar-refractivity contribution in [1.29, 1.82) is 0 Å². The van der Waals surface area contributed by atoms with Gasteiger partial charge < -0.3 is 21.3 Å². The standard InChI is InChI=1S/C18H18F5NO2.C8H13NO/c1-10-6-11(8-12(7-10)26-18(22,23)17(20)21)9-15(24)16(25)13-4-2-3-5-14(13)19;9-8(10)7-5-3-1-2-4-6-7/h2-8,15-17,25H,9,24H2,1H3;5H,1-4,6H2,(H2,9,10). The highest BCUT2D eigenvalue weighted by molar-refractivity contribution is 5.91. The van der Waals surface area contributed by atoms with E-state index in [1.54, 1.807) is 19.1 Å². The highest BCUT2D eigenvalue weighted by atomic mass is 19.3. The Hall–Kier alpha value is -2.98. The molecule has 2 aromatic carbocycles. The van der Waals surface area contributed by atoms with Gasteiger partial charge in [0, 0.05) is 17.2 Å². The molecule has 2 atom stereocenters. The minimum Gasteiger partial charge on any atom is -0.428 e. The first-order chi connectivity index (χ1) is 16.9. The van der Waals surface area contributed by atoms with Gasteiger partial charge >= 0.3 is 12.5 Å². The van der Waals surface area contributed by atoms with Crippen LogP contribution in [0.25, 0.3) is 0 Å². The Bertz CT molecular complexity index is 1050. The number of aryl methyl sites for hydroxylation is 1. The average molecular weight is 515 g/mol. The van der Waals surface area contributed by atoms with Gasteiger partial charge in [-0.3, -0.25) is 4.79 Å². The molecule has 0 bridgehead atoms. The van der Waals surface area contributed by atoms with Crippen LogP contribution in [-0.4, -0.2) is 29.6 Å². The molecule has 0 heterocycles. The zero-order valence-corrected chi connectivity index (χ0v) is 19.9. The Morgan fingerprint density at radius 1 is 1.14 bits per heavy atom. The van der Waals surface area contributed by atoms with E-state index >= 15 is 0 Å². The molecule has 5 N–H and O–H groups in total. The van der Waals surface area contributed by atoms with Gasteiger partial charge in [0.1, 0.15) is 11.6 Å². The molecule has 0 saturated heterocycles. The van der Waals surface area contributed by atoms with Crippen molar-refractivity contribution in [3.8, 4) is 5.75 Å². The zero-order valence-electron chi connectivity index (χ0n) is 19.9. The van der Waals surface area contributed by atoms with Gasteiger partial charge in [0.2, 0.25) is 5.91 Å². The summed E-state index contributed by atoms with van der Waals surface area (Å²) in [5, 5.41) is 10.2. The molecular weight excluding hydrogens is 483 g/mol. The lowest BCUT2D eigenvalue weighted by Gasteiger charge is -2.21. The molecule has 2 unspecified atom stereocenters. The predicted octanol–water partition coefficient (Wildman–Crippen LogP) is 5.34. The minimum atomic E-state index is -4.63. The van der Waals surface area contributed by atoms with Crippen molar-refractivity contribution in [2.45, 2.75) is 70.1 Å². The second kappa shape index (κ2) is 13.4. The number of rotatable bonds is 8. The first-order valence-corrected chi connectivity index (χ1v) is 11.5. The lowest BCUT2D eigenvalue weighted by atomic mass is 9.95. The largest absolute Gasteiger partial charge is 0.461 e. The molecule has 10 heteroatoms. The molecular formula is C26H31F5N2O3. The molecule has 0 aromatic heterocycles. The summed E-state index contributed by atoms with van der Waals surface area (Å²) >= 11 is 0. The van der Waals surface area contributed by atoms with Crippen LogP contribution in [0.2, 0.25) is 0 Å². The number of benzene rings is 2. The van der Waals surface area contributed by atoms with Crippen LogP contribution in [0, 0.1) is 12.7 Å². The fraction of sp³-hybridized carbons (Fsp3) is 0.423. The van der Waals surface area contributed by atoms with Crippen molar-refractivity contribution in [2.24, 2.45) is 11.5 Å². The van der Waals surface area contributed by atoms with Crippen LogP contribution in [0.1, 0.15) is 54.9 Å². The van der Waals surface area contributed by atoms with Crippen molar-refractivity contribution in [2.75, 3.05) is 0 Å². The van der Waals surface area contributed by atoms with Crippen LogP contribution in [0.15, 0.2) is 54.1 Å². The molecule has 1 amide bonds. The highest BCUT2D eigenvalue weighted by Crippen LogP contribution is 2.30. The van der Waals surface area contributed by atoms with Gasteiger partial charge in [-0.05, 0) is 68.4 Å². The number of hydrogen-bond acceptors (Lipinski definition) is 4. The Balaban J connectivity index is 0.000000380. The monoisotopic (exact) mass is 514 g/mol. The van der Waals surface area contributed by atoms with Gasteiger partial charge in [-0.2, -0.15) is 17.6 Å². The summed E-state index contributed by atoms with van der Waals surface area (Å²) < 4.78 is 68.5. The third-order valence-electron chi connectivity index (χ3n) is 5.58. The number of carbonyl (C=O) groups is 1. The molecule has 0 spiro atoms. The van der Waals surface area contributed by atoms with Gasteiger partial charge in [-0.25, -0.2) is 4.39 Å². The van der Waals surface area contributed by atoms with Gasteiger partial charge in [0.25, 0.3) is 0 Å². The lowest BCUT2D eigenvalue weighted by Crippen LogP contribution is -2.33. The van der Waals surface area contributed by atoms with E-state index in [2.05, 4.69) is 4.74 Å². The fourth-order valence-electron chi connectivity index (χ4n) is 3.77. The summed E-state index contributed by atoms with van der Waals surface area (Å²) in [7, 11) is 0. The Kier molecular flexibility index (Phi) is 10.9. The number of allylic oxidation sites excluding steroid dienone is 1. The van der Waals surface area contributed by atoms with Crippen molar-refractivity contribution >= 4 is 5.91 Å². The molecule has 0 aliphatic heterocycles. The first-order valence-electron chi connectivity index (χ1n) is 11.5. The number of ether oxygens (including phenoxy) is 1. The minimum absolute atomic E-state index is 0.00616. The number of hydrogen-bond donors (Lipinski definition) is 3. The summed E-state index contributed by atoms with van der Waals surface area (Å²) in [6.45, 7) is 1.57. The van der Waals surface area contributed by atoms with E-state index in [1.807, 2.05) is 6.08 Å². The molecule has 0 saturated carbocycles. The number of halogens is 5. The lowest BCUT2D eigenvalue weighted by molar-refractivity contribution is -0.253. The summed E-state index contributed by atoms with van der Waals surface area (Å²) in [6.07, 6.45) is -2.49. The van der Waals surface area contributed by atoms with Crippen molar-refractivity contribution in [1.82, 2.24) is 0 Å². The first kappa shape index (κ1) is 29.3. The molecule has 0 fully saturated rings. The third kappa shape index (κ3) is 8.91. The number of aliphatic hydroxyl groups excluding tert-OH is 1. The van der Waals surface area contributed by atoms with Crippen molar-refractivity contribution in [3.05, 3.63) is 76.6 Å². The Morgan fingerprint density at radius 2 is 1.83 bits per heavy atom. The smallest absolute Gasteiger partial charge is 0.428 e. The van der Waals surface area contributed by atoms with Crippen LogP contribution in [0.5, 0.6) is 5.75 Å².